The van der Waals surface area contributed by atoms with E-state index in [-0.39, 0.29) is 0 Å². The van der Waals surface area contributed by atoms with E-state index in [1.165, 1.54) is 7.11 Å². The molecule has 1 aliphatic rings. The van der Waals surface area contributed by atoms with E-state index < -0.39 is 17.2 Å². The van der Waals surface area contributed by atoms with Gasteiger partial charge in [0.2, 0.25) is 0 Å². The summed E-state index contributed by atoms with van der Waals surface area (Å²) in [6.45, 7) is 1.77. The molecule has 0 aliphatic carbocycles. The van der Waals surface area contributed by atoms with Gasteiger partial charge in [0.05, 0.1) is 31.0 Å². The van der Waals surface area contributed by atoms with Gasteiger partial charge in [0.25, 0.3) is 0 Å². The van der Waals surface area contributed by atoms with Crippen LogP contribution in [0.4, 0.5) is 10.5 Å². The van der Waals surface area contributed by atoms with Crippen LogP contribution in [0, 0.1) is 0 Å². The van der Waals surface area contributed by atoms with Gasteiger partial charge >= 0.3 is 11.7 Å². The summed E-state index contributed by atoms with van der Waals surface area (Å²) in [6, 6.07) is 16.3. The van der Waals surface area contributed by atoms with Gasteiger partial charge in [0, 0.05) is 10.8 Å². The first-order valence-corrected chi connectivity index (χ1v) is 9.77. The van der Waals surface area contributed by atoms with Crippen molar-refractivity contribution < 1.29 is 18.7 Å². The van der Waals surface area contributed by atoms with Crippen molar-refractivity contribution in [2.75, 3.05) is 19.5 Å². The normalized spacial score (nSPS) is 17.7. The molecule has 7 heteroatoms. The Morgan fingerprint density at radius 1 is 0.903 bits per heavy atom. The predicted molar refractivity (Wildman–Crippen MR) is 118 cm³/mol. The number of carbonyl (C=O) groups is 1. The number of amides is 2. The molecule has 2 N–H and O–H groups in total. The predicted octanol–water partition coefficient (Wildman–Crippen LogP) is 4.36. The molecule has 0 fully saturated rings. The summed E-state index contributed by atoms with van der Waals surface area (Å²) in [4.78, 5) is 26.0. The zero-order chi connectivity index (χ0) is 21.8. The molecule has 31 heavy (non-hydrogen) atoms. The molecular weight excluding hydrogens is 396 g/mol. The van der Waals surface area contributed by atoms with Crippen LogP contribution in [0.3, 0.4) is 0 Å². The molecule has 4 aromatic rings. The summed E-state index contributed by atoms with van der Waals surface area (Å²) in [5.41, 5.74) is 0.202. The maximum Gasteiger partial charge on any atom is 0.344 e. The average molecular weight is 416 g/mol. The van der Waals surface area contributed by atoms with Crippen molar-refractivity contribution in [2.24, 2.45) is 0 Å². The van der Waals surface area contributed by atoms with E-state index >= 15 is 0 Å². The Morgan fingerprint density at radius 3 is 2.45 bits per heavy atom. The van der Waals surface area contributed by atoms with Crippen molar-refractivity contribution in [3.8, 4) is 11.5 Å². The van der Waals surface area contributed by atoms with Gasteiger partial charge in [-0.05, 0) is 36.1 Å². The molecule has 0 saturated heterocycles. The van der Waals surface area contributed by atoms with Crippen LogP contribution in [0.5, 0.6) is 11.5 Å². The number of rotatable bonds is 3. The number of nitrogens with one attached hydrogen (secondary N) is 2. The molecule has 2 heterocycles. The molecule has 1 unspecified atom stereocenters. The van der Waals surface area contributed by atoms with Crippen molar-refractivity contribution in [1.82, 2.24) is 5.32 Å². The zero-order valence-corrected chi connectivity index (χ0v) is 17.2. The second-order valence-corrected chi connectivity index (χ2v) is 7.58. The Kier molecular flexibility index (Phi) is 4.15. The Labute approximate surface area is 177 Å². The van der Waals surface area contributed by atoms with Gasteiger partial charge in [-0.25, -0.2) is 9.59 Å². The molecule has 156 valence electrons. The summed E-state index contributed by atoms with van der Waals surface area (Å²) >= 11 is 0. The van der Waals surface area contributed by atoms with Crippen LogP contribution >= 0.6 is 0 Å². The summed E-state index contributed by atoms with van der Waals surface area (Å²) in [5.74, 6) is 1.04. The Hall–Kier alpha value is -4.00. The standard InChI is InChI=1S/C24H20N2O5/c1-24(14-9-11-17(29-2)18(12-14)30-3)19-20(25-23(28)26-24)16-10-8-13-6-4-5-7-15(13)21(16)31-22(19)27/h4-12H,1-3H3,(H2,25,26,28). The maximum absolute atomic E-state index is 13.3. The fourth-order valence-corrected chi connectivity index (χ4v) is 4.31. The third kappa shape index (κ3) is 2.73. The second-order valence-electron chi connectivity index (χ2n) is 7.58. The summed E-state index contributed by atoms with van der Waals surface area (Å²) < 4.78 is 16.6. The van der Waals surface area contributed by atoms with Gasteiger partial charge in [-0.1, -0.05) is 36.4 Å². The molecule has 1 aromatic heterocycles. The average Bonchev–Trinajstić information content (AvgIpc) is 2.78. The minimum Gasteiger partial charge on any atom is -0.493 e. The van der Waals surface area contributed by atoms with Crippen molar-refractivity contribution in [3.05, 3.63) is 76.1 Å². The summed E-state index contributed by atoms with van der Waals surface area (Å²) in [7, 11) is 3.08. The first-order valence-electron chi connectivity index (χ1n) is 9.77. The lowest BCUT2D eigenvalue weighted by molar-refractivity contribution is 0.241. The molecule has 1 aliphatic heterocycles. The lowest BCUT2D eigenvalue weighted by atomic mass is 9.82. The number of urea groups is 1. The number of ether oxygens (including phenoxy) is 2. The van der Waals surface area contributed by atoms with Crippen molar-refractivity contribution in [1.29, 1.82) is 0 Å². The number of benzene rings is 3. The molecule has 7 nitrogen and oxygen atoms in total. The Balaban J connectivity index is 1.83. The second kappa shape index (κ2) is 6.77. The van der Waals surface area contributed by atoms with E-state index in [0.29, 0.717) is 39.3 Å². The molecule has 0 bridgehead atoms. The molecule has 2 amide bonds. The van der Waals surface area contributed by atoms with E-state index in [0.717, 1.165) is 10.8 Å². The Morgan fingerprint density at radius 2 is 1.68 bits per heavy atom. The number of carbonyl (C=O) groups excluding carboxylic acids is 1. The minimum absolute atomic E-state index is 0.321. The quantitative estimate of drug-likeness (QED) is 0.383. The highest BCUT2D eigenvalue weighted by atomic mass is 16.5. The Bertz CT molecular complexity index is 1430. The van der Waals surface area contributed by atoms with Gasteiger partial charge in [0.15, 0.2) is 11.5 Å². The number of hydrogen-bond acceptors (Lipinski definition) is 5. The van der Waals surface area contributed by atoms with Gasteiger partial charge in [-0.15, -0.1) is 0 Å². The van der Waals surface area contributed by atoms with Gasteiger partial charge in [-0.3, -0.25) is 0 Å². The highest BCUT2D eigenvalue weighted by Gasteiger charge is 2.42. The first-order chi connectivity index (χ1) is 15.0. The van der Waals surface area contributed by atoms with Crippen LogP contribution in [0.2, 0.25) is 0 Å². The van der Waals surface area contributed by atoms with Crippen molar-refractivity contribution in [2.45, 2.75) is 12.5 Å². The highest BCUT2D eigenvalue weighted by Crippen LogP contribution is 2.42. The monoisotopic (exact) mass is 416 g/mol. The summed E-state index contributed by atoms with van der Waals surface area (Å²) in [6.07, 6.45) is 0. The molecular formula is C24H20N2O5. The van der Waals surface area contributed by atoms with Crippen LogP contribution in [0.1, 0.15) is 18.1 Å². The fraction of sp³-hybridized carbons (Fsp3) is 0.167. The molecule has 0 radical (unpaired) electrons. The maximum atomic E-state index is 13.3. The van der Waals surface area contributed by atoms with Crippen LogP contribution in [-0.4, -0.2) is 20.3 Å². The van der Waals surface area contributed by atoms with E-state index in [1.54, 1.807) is 32.2 Å². The van der Waals surface area contributed by atoms with Crippen LogP contribution < -0.4 is 25.7 Å². The first kappa shape index (κ1) is 19.0. The van der Waals surface area contributed by atoms with Crippen molar-refractivity contribution >= 4 is 33.5 Å². The number of fused-ring (bicyclic) bond motifs is 5. The van der Waals surface area contributed by atoms with Gasteiger partial charge < -0.3 is 24.5 Å². The number of methoxy groups -OCH3 is 2. The third-order valence-corrected chi connectivity index (χ3v) is 5.86. The number of anilines is 1. The summed E-state index contributed by atoms with van der Waals surface area (Å²) in [5, 5.41) is 8.12. The van der Waals surface area contributed by atoms with E-state index in [1.807, 2.05) is 36.4 Å². The highest BCUT2D eigenvalue weighted by molar-refractivity contribution is 6.12. The number of hydrogen-bond donors (Lipinski definition) is 2. The van der Waals surface area contributed by atoms with E-state index in [2.05, 4.69) is 10.6 Å². The topological polar surface area (TPSA) is 89.8 Å². The van der Waals surface area contributed by atoms with Crippen molar-refractivity contribution in [3.63, 3.8) is 0 Å². The third-order valence-electron chi connectivity index (χ3n) is 5.86. The smallest absolute Gasteiger partial charge is 0.344 e. The SMILES string of the molecule is COc1ccc(C2(C)NC(=O)Nc3c2c(=O)oc2c3ccc3ccccc32)cc1OC. The minimum atomic E-state index is -1.14. The van der Waals surface area contributed by atoms with Crippen LogP contribution in [-0.2, 0) is 5.54 Å². The molecule has 3 aromatic carbocycles. The molecule has 1 atom stereocenters. The zero-order valence-electron chi connectivity index (χ0n) is 17.2. The molecule has 0 saturated carbocycles. The van der Waals surface area contributed by atoms with E-state index in [4.69, 9.17) is 13.9 Å². The molecule has 5 rings (SSSR count). The largest absolute Gasteiger partial charge is 0.493 e. The van der Waals surface area contributed by atoms with Gasteiger partial charge in [-0.2, -0.15) is 0 Å². The van der Waals surface area contributed by atoms with Crippen LogP contribution in [0.15, 0.2) is 63.8 Å². The lowest BCUT2D eigenvalue weighted by Gasteiger charge is -2.36. The van der Waals surface area contributed by atoms with Gasteiger partial charge in [0.1, 0.15) is 5.58 Å². The molecule has 0 spiro atoms. The fourth-order valence-electron chi connectivity index (χ4n) is 4.31. The lowest BCUT2D eigenvalue weighted by Crippen LogP contribution is -2.53. The van der Waals surface area contributed by atoms with Crippen LogP contribution in [0.25, 0.3) is 21.7 Å². The van der Waals surface area contributed by atoms with E-state index in [9.17, 15) is 9.59 Å².